The highest BCUT2D eigenvalue weighted by Crippen LogP contribution is 2.24. The minimum atomic E-state index is -1.84. The first-order valence-electron chi connectivity index (χ1n) is 19.1. The van der Waals surface area contributed by atoms with Crippen LogP contribution in [0.1, 0.15) is 110 Å². The molecule has 0 spiro atoms. The predicted molar refractivity (Wildman–Crippen MR) is 237 cm³/mol. The van der Waals surface area contributed by atoms with Gasteiger partial charge in [0.2, 0.25) is 0 Å². The Morgan fingerprint density at radius 1 is 0.778 bits per heavy atom. The second kappa shape index (κ2) is 22.2. The van der Waals surface area contributed by atoms with Gasteiger partial charge in [0.15, 0.2) is 0 Å². The minimum absolute atomic E-state index is 0.0140. The number of methoxy groups -OCH3 is 2. The molecule has 0 fully saturated rings. The van der Waals surface area contributed by atoms with Gasteiger partial charge in [-0.05, 0) is 115 Å². The molecule has 0 aromatic heterocycles. The second-order valence-electron chi connectivity index (χ2n) is 15.7. The summed E-state index contributed by atoms with van der Waals surface area (Å²) in [6.45, 7) is 14.2. The van der Waals surface area contributed by atoms with Gasteiger partial charge < -0.3 is 34.5 Å². The fraction of sp³-hybridized carbons (Fsp3) is 0.286. The number of oxime groups is 1. The Morgan fingerprint density at radius 3 is 1.63 bits per heavy atom. The third kappa shape index (κ3) is 12.9. The van der Waals surface area contributed by atoms with Gasteiger partial charge in [-0.25, -0.2) is 10.0 Å². The van der Waals surface area contributed by atoms with Crippen LogP contribution in [0.2, 0.25) is 0 Å². The van der Waals surface area contributed by atoms with Gasteiger partial charge in [-0.1, -0.05) is 24.3 Å². The number of rotatable bonds is 8. The summed E-state index contributed by atoms with van der Waals surface area (Å²) in [6, 6.07) is 18.9. The molecule has 63 heavy (non-hydrogen) atoms. The van der Waals surface area contributed by atoms with Crippen LogP contribution in [0.4, 0.5) is 0 Å². The van der Waals surface area contributed by atoms with Crippen LogP contribution >= 0.6 is 11.8 Å². The monoisotopic (exact) mass is 888 g/mol. The van der Waals surface area contributed by atoms with Crippen LogP contribution in [0, 0.1) is 13.8 Å². The summed E-state index contributed by atoms with van der Waals surface area (Å²) < 4.78 is 15.3. The third-order valence-electron chi connectivity index (χ3n) is 9.36. The van der Waals surface area contributed by atoms with Crippen LogP contribution in [0.3, 0.4) is 0 Å². The molecular weight excluding hydrogens is 838 g/mol. The number of fused-ring (bicyclic) bond motifs is 1. The molecule has 1 heterocycles. The first kappa shape index (κ1) is 51.1. The van der Waals surface area contributed by atoms with Gasteiger partial charge in [-0.15, -0.1) is 10.2 Å². The van der Waals surface area contributed by atoms with E-state index in [1.165, 1.54) is 53.7 Å². The lowest BCUT2D eigenvalue weighted by atomic mass is 9.76. The number of aldehydes is 1. The Hall–Kier alpha value is -6.28. The Kier molecular flexibility index (Phi) is 18.0. The van der Waals surface area contributed by atoms with E-state index in [1.807, 2.05) is 20.8 Å². The van der Waals surface area contributed by atoms with E-state index in [0.717, 1.165) is 0 Å². The number of hydrogen-bond donors (Lipinski definition) is 7. The number of hydrogen-bond acceptors (Lipinski definition) is 14. The number of carbonyl (C=O) groups excluding carboxylic acids is 5. The highest BCUT2D eigenvalue weighted by Gasteiger charge is 2.33. The first-order valence-corrected chi connectivity index (χ1v) is 19.5. The minimum Gasteiger partial charge on any atom is -0.496 e. The molecule has 0 unspecified atom stereocenters. The molecule has 4 aromatic carbocycles. The summed E-state index contributed by atoms with van der Waals surface area (Å²) in [7, 11) is 0.0237. The van der Waals surface area contributed by atoms with Crippen LogP contribution in [0.25, 0.3) is 0 Å². The van der Waals surface area contributed by atoms with Gasteiger partial charge in [0.25, 0.3) is 23.6 Å². The normalized spacial score (nSPS) is 11.5. The summed E-state index contributed by atoms with van der Waals surface area (Å²) in [6.07, 6.45) is 1.86. The van der Waals surface area contributed by atoms with Gasteiger partial charge in [-0.3, -0.25) is 34.8 Å². The van der Waals surface area contributed by atoms with Gasteiger partial charge >= 0.3 is 14.2 Å². The predicted octanol–water partition coefficient (Wildman–Crippen LogP) is 2.84. The van der Waals surface area contributed by atoms with Crippen molar-refractivity contribution in [2.75, 3.05) is 14.2 Å². The zero-order chi connectivity index (χ0) is 47.4. The number of nitrogens with zero attached hydrogens (tertiary/aromatic N) is 3. The Balaban J connectivity index is 0.000000316. The number of ether oxygens (including phenoxy) is 2. The average molecular weight is 889 g/mol. The molecule has 18 nitrogen and oxygen atoms in total. The van der Waals surface area contributed by atoms with E-state index in [2.05, 4.69) is 27.8 Å². The highest BCUT2D eigenvalue weighted by molar-refractivity contribution is 6.62. The number of carbonyl (C=O) groups is 5. The summed E-state index contributed by atoms with van der Waals surface area (Å²) in [5.74, 6) is -0.728. The fourth-order valence-electron chi connectivity index (χ4n) is 6.08. The third-order valence-corrected chi connectivity index (χ3v) is 9.36. The van der Waals surface area contributed by atoms with Crippen LogP contribution in [0.15, 0.2) is 78.0 Å². The first-order chi connectivity index (χ1) is 29.5. The van der Waals surface area contributed by atoms with Crippen LogP contribution in [0.5, 0.6) is 11.5 Å². The molecule has 4 aromatic rings. The van der Waals surface area contributed by atoms with Gasteiger partial charge in [0.1, 0.15) is 17.8 Å². The van der Waals surface area contributed by atoms with Crippen LogP contribution in [-0.2, 0) is 4.76 Å². The molecule has 1 aliphatic heterocycles. The summed E-state index contributed by atoms with van der Waals surface area (Å²) >= 11 is 4.30. The van der Waals surface area contributed by atoms with Crippen LogP contribution < -0.4 is 36.3 Å². The number of halogens is 1. The van der Waals surface area contributed by atoms with Gasteiger partial charge in [0.05, 0.1) is 31.5 Å². The molecule has 334 valence electrons. The van der Waals surface area contributed by atoms with Crippen LogP contribution in [-0.4, -0.2) is 106 Å². The molecule has 21 heteroatoms. The Labute approximate surface area is 371 Å². The molecule has 5 rings (SSSR count). The average Bonchev–Trinajstić information content (AvgIpc) is 3.23. The lowest BCUT2D eigenvalue weighted by Crippen LogP contribution is -2.56. The fourth-order valence-corrected chi connectivity index (χ4v) is 6.08. The van der Waals surface area contributed by atoms with E-state index in [9.17, 15) is 39.0 Å². The summed E-state index contributed by atoms with van der Waals surface area (Å²) in [5.41, 5.74) is 7.44. The zero-order valence-electron chi connectivity index (χ0n) is 36.5. The zero-order valence-corrected chi connectivity index (χ0v) is 37.3. The maximum absolute atomic E-state index is 13.3. The molecule has 7 N–H and O–H groups in total. The van der Waals surface area contributed by atoms with E-state index in [1.54, 1.807) is 89.2 Å². The van der Waals surface area contributed by atoms with Gasteiger partial charge in [0, 0.05) is 56.2 Å². The van der Waals surface area contributed by atoms with E-state index in [4.69, 9.17) is 19.4 Å². The topological polar surface area (TPSA) is 249 Å². The lowest BCUT2D eigenvalue weighted by molar-refractivity contribution is 0.0356. The molecule has 0 saturated heterocycles. The molecule has 0 saturated carbocycles. The molecular formula is C42H51B2ClN6O12. The highest BCUT2D eigenvalue weighted by atomic mass is 35.5. The number of benzene rings is 4. The lowest BCUT2D eigenvalue weighted by Gasteiger charge is -2.35. The standard InChI is InChI=1S/C21H24BN3O5.C21H25BN2O6.ClH2NO/c1-13-16(7-6-8-18(13)29-5)19(26)24-25(21(2,3)4)20(27)14-9-10-17-15(11-14)12-23-30-22(17)28;1-13-16(7-6-8-18(13)30-5)19(26)23-24(21(2,3)4)20(27)14-9-10-17(22(28)29)15(11-14)12-25;1-2-3/h6-12,28H,1-5H3,(H,24,26);6-12,28-29H,1-5H3,(H,23,26);2-3H. The van der Waals surface area contributed by atoms with Gasteiger partial charge in [-0.2, -0.15) is 0 Å². The summed E-state index contributed by atoms with van der Waals surface area (Å²) in [4.78, 5) is 64.9. The van der Waals surface area contributed by atoms with Crippen molar-refractivity contribution in [3.8, 4) is 11.5 Å². The molecule has 0 atom stereocenters. The molecule has 4 amide bonds. The number of hydrazine groups is 2. The van der Waals surface area contributed by atoms with Crippen molar-refractivity contribution < 1.29 is 58.5 Å². The maximum Gasteiger partial charge on any atom is 0.583 e. The maximum atomic E-state index is 13.3. The smallest absolute Gasteiger partial charge is 0.496 e. The van der Waals surface area contributed by atoms with Crippen molar-refractivity contribution in [1.29, 1.82) is 0 Å². The van der Waals surface area contributed by atoms with Crippen molar-refractivity contribution >= 4 is 73.1 Å². The van der Waals surface area contributed by atoms with E-state index in [-0.39, 0.29) is 16.6 Å². The molecule has 0 bridgehead atoms. The molecule has 0 aliphatic carbocycles. The van der Waals surface area contributed by atoms with Crippen molar-refractivity contribution in [3.63, 3.8) is 0 Å². The molecule has 1 aliphatic rings. The molecule has 0 radical (unpaired) electrons. The number of amides is 4. The van der Waals surface area contributed by atoms with E-state index in [0.29, 0.717) is 56.6 Å². The van der Waals surface area contributed by atoms with E-state index >= 15 is 0 Å². The van der Waals surface area contributed by atoms with Crippen molar-refractivity contribution in [2.45, 2.75) is 66.5 Å². The largest absolute Gasteiger partial charge is 0.583 e. The van der Waals surface area contributed by atoms with Crippen molar-refractivity contribution in [1.82, 2.24) is 25.9 Å². The number of nitrogens with one attached hydrogen (secondary N) is 3. The van der Waals surface area contributed by atoms with E-state index < -0.39 is 48.9 Å². The quantitative estimate of drug-likeness (QED) is 0.0583. The Bertz CT molecular complexity index is 2330. The van der Waals surface area contributed by atoms with Crippen molar-refractivity contribution in [2.24, 2.45) is 5.16 Å². The Morgan fingerprint density at radius 2 is 1.22 bits per heavy atom. The summed E-state index contributed by atoms with van der Waals surface area (Å²) in [5, 5.41) is 41.7. The van der Waals surface area contributed by atoms with Crippen molar-refractivity contribution in [3.05, 3.63) is 117 Å². The second-order valence-corrected chi connectivity index (χ2v) is 15.9. The SMILES string of the molecule is COc1cccc(C(=O)NN(C(=O)c2ccc(B(O)O)c(C=O)c2)C(C)(C)C)c1C.COc1cccc(C(=O)NN(C(=O)c2ccc3c(c2)C=NOB3O)C(C)(C)C)c1C.ONCl.